The summed E-state index contributed by atoms with van der Waals surface area (Å²) in [6.45, 7) is 4.54. The maximum atomic E-state index is 12.1. The zero-order chi connectivity index (χ0) is 19.1. The molecule has 0 aliphatic rings. The predicted molar refractivity (Wildman–Crippen MR) is 86.2 cm³/mol. The second-order valence-corrected chi connectivity index (χ2v) is 6.41. The van der Waals surface area contributed by atoms with Crippen molar-refractivity contribution >= 4 is 23.9 Å². The Morgan fingerprint density at radius 1 is 0.792 bits per heavy atom. The number of carbonyl (C=O) groups is 4. The highest BCUT2D eigenvalue weighted by Crippen LogP contribution is 2.09. The summed E-state index contributed by atoms with van der Waals surface area (Å²) in [5.74, 6) is -1.40. The van der Waals surface area contributed by atoms with Crippen LogP contribution in [0.25, 0.3) is 0 Å². The molecule has 0 bridgehead atoms. The van der Waals surface area contributed by atoms with Gasteiger partial charge in [0.1, 0.15) is 18.7 Å². The number of amides is 3. The van der Waals surface area contributed by atoms with Gasteiger partial charge in [-0.15, -0.1) is 0 Å². The highest BCUT2D eigenvalue weighted by Gasteiger charge is 2.23. The van der Waals surface area contributed by atoms with Crippen molar-refractivity contribution in [2.45, 2.75) is 26.4 Å². The number of nitrogens with zero attached hydrogens (tertiary/aromatic N) is 3. The molecule has 0 aromatic carbocycles. The van der Waals surface area contributed by atoms with Crippen LogP contribution < -0.4 is 0 Å². The lowest BCUT2D eigenvalue weighted by molar-refractivity contribution is -0.147. The maximum absolute atomic E-state index is 12.1. The zero-order valence-corrected chi connectivity index (χ0v) is 15.4. The van der Waals surface area contributed by atoms with Gasteiger partial charge in [-0.25, -0.2) is 4.79 Å². The van der Waals surface area contributed by atoms with Crippen LogP contribution in [0.15, 0.2) is 0 Å². The fraction of sp³-hybridized carbons (Fsp3) is 0.733. The largest absolute Gasteiger partial charge is 0.468 e. The Kier molecular flexibility index (Phi) is 8.21. The highest BCUT2D eigenvalue weighted by molar-refractivity contribution is 5.88. The topological polar surface area (TPSA) is 96.5 Å². The van der Waals surface area contributed by atoms with E-state index in [9.17, 15) is 19.2 Å². The minimum absolute atomic E-state index is 0.199. The van der Waals surface area contributed by atoms with Crippen LogP contribution in [0.2, 0.25) is 0 Å². The molecule has 0 rings (SSSR count). The van der Waals surface area contributed by atoms with Crippen LogP contribution in [0.1, 0.15) is 20.8 Å². The van der Waals surface area contributed by atoms with Crippen LogP contribution in [0, 0.1) is 0 Å². The van der Waals surface area contributed by atoms with Crippen molar-refractivity contribution in [1.82, 2.24) is 14.7 Å². The molecule has 0 saturated carbocycles. The van der Waals surface area contributed by atoms with E-state index in [0.717, 1.165) is 9.80 Å². The van der Waals surface area contributed by atoms with Gasteiger partial charge in [0.05, 0.1) is 13.7 Å². The highest BCUT2D eigenvalue weighted by atomic mass is 16.6. The first-order valence-electron chi connectivity index (χ1n) is 7.36. The molecule has 0 fully saturated rings. The summed E-state index contributed by atoms with van der Waals surface area (Å²) in [5, 5.41) is 0. The van der Waals surface area contributed by atoms with Crippen LogP contribution in [0.5, 0.6) is 0 Å². The molecule has 0 spiro atoms. The van der Waals surface area contributed by atoms with Crippen LogP contribution >= 0.6 is 0 Å². The number of rotatable bonds is 6. The monoisotopic (exact) mass is 345 g/mol. The molecule has 0 atom stereocenters. The first kappa shape index (κ1) is 21.7. The molecule has 9 nitrogen and oxygen atoms in total. The average molecular weight is 345 g/mol. The van der Waals surface area contributed by atoms with Crippen molar-refractivity contribution in [2.24, 2.45) is 0 Å². The van der Waals surface area contributed by atoms with Gasteiger partial charge < -0.3 is 24.2 Å². The minimum atomic E-state index is -0.660. The quantitative estimate of drug-likeness (QED) is 0.626. The van der Waals surface area contributed by atoms with E-state index in [2.05, 4.69) is 4.74 Å². The molecule has 0 aromatic rings. The normalized spacial score (nSPS) is 10.6. The first-order chi connectivity index (χ1) is 10.9. The summed E-state index contributed by atoms with van der Waals surface area (Å²) in [6.07, 6.45) is -0.626. The number of hydrogen-bond donors (Lipinski definition) is 0. The predicted octanol–water partition coefficient (Wildman–Crippen LogP) is -0.0569. The summed E-state index contributed by atoms with van der Waals surface area (Å²) in [6, 6.07) is 0. The molecule has 138 valence electrons. The van der Waals surface area contributed by atoms with Gasteiger partial charge >= 0.3 is 12.1 Å². The number of esters is 1. The molecule has 0 saturated heterocycles. The van der Waals surface area contributed by atoms with Crippen LogP contribution in [0.4, 0.5) is 4.79 Å². The average Bonchev–Trinajstić information content (AvgIpc) is 2.44. The van der Waals surface area contributed by atoms with E-state index in [1.165, 1.54) is 33.2 Å². The fourth-order valence-corrected chi connectivity index (χ4v) is 1.49. The maximum Gasteiger partial charge on any atom is 0.410 e. The number of carbonyl (C=O) groups excluding carboxylic acids is 4. The molecular weight excluding hydrogens is 318 g/mol. The summed E-state index contributed by atoms with van der Waals surface area (Å²) in [7, 11) is 5.54. The third kappa shape index (κ3) is 8.35. The van der Waals surface area contributed by atoms with Crippen molar-refractivity contribution in [3.8, 4) is 0 Å². The van der Waals surface area contributed by atoms with Crippen molar-refractivity contribution in [1.29, 1.82) is 0 Å². The summed E-state index contributed by atoms with van der Waals surface area (Å²) in [4.78, 5) is 50.4. The second-order valence-electron chi connectivity index (χ2n) is 6.41. The molecular formula is C15H27N3O6. The van der Waals surface area contributed by atoms with Gasteiger partial charge in [0.25, 0.3) is 0 Å². The smallest absolute Gasteiger partial charge is 0.410 e. The van der Waals surface area contributed by atoms with Crippen molar-refractivity contribution in [2.75, 3.05) is 47.9 Å². The van der Waals surface area contributed by atoms with Crippen molar-refractivity contribution in [3.63, 3.8) is 0 Å². The van der Waals surface area contributed by atoms with E-state index >= 15 is 0 Å². The van der Waals surface area contributed by atoms with Gasteiger partial charge in [0.2, 0.25) is 11.8 Å². The number of likely N-dealkylation sites (N-methyl/N-ethyl adjacent to an activating group) is 3. The van der Waals surface area contributed by atoms with Crippen molar-refractivity contribution in [3.05, 3.63) is 0 Å². The Bertz CT molecular complexity index is 486. The molecule has 0 N–H and O–H groups in total. The Labute approximate surface area is 142 Å². The van der Waals surface area contributed by atoms with E-state index in [1.54, 1.807) is 20.8 Å². The molecule has 24 heavy (non-hydrogen) atoms. The lowest BCUT2D eigenvalue weighted by atomic mass is 10.2. The molecule has 3 amide bonds. The second kappa shape index (κ2) is 9.09. The SMILES string of the molecule is COC(=O)CN(C)C(=O)CN(C)C(=O)CN(C)C(=O)OC(C)(C)C. The van der Waals surface area contributed by atoms with Gasteiger partial charge in [0, 0.05) is 21.1 Å². The third-order valence-corrected chi connectivity index (χ3v) is 2.90. The van der Waals surface area contributed by atoms with Gasteiger partial charge in [-0.2, -0.15) is 0 Å². The summed E-state index contributed by atoms with van der Waals surface area (Å²) < 4.78 is 9.62. The van der Waals surface area contributed by atoms with Crippen molar-refractivity contribution < 1.29 is 28.7 Å². The van der Waals surface area contributed by atoms with E-state index < -0.39 is 29.5 Å². The Balaban J connectivity index is 4.48. The number of methoxy groups -OCH3 is 1. The van der Waals surface area contributed by atoms with Crippen LogP contribution in [-0.4, -0.2) is 92.1 Å². The molecule has 0 unspecified atom stereocenters. The van der Waals surface area contributed by atoms with E-state index in [0.29, 0.717) is 0 Å². The molecule has 0 aliphatic carbocycles. The number of ether oxygens (including phenoxy) is 2. The molecule has 0 heterocycles. The van der Waals surface area contributed by atoms with Crippen LogP contribution in [0.3, 0.4) is 0 Å². The minimum Gasteiger partial charge on any atom is -0.468 e. The van der Waals surface area contributed by atoms with E-state index in [4.69, 9.17) is 4.74 Å². The van der Waals surface area contributed by atoms with E-state index in [-0.39, 0.29) is 19.6 Å². The fourth-order valence-electron chi connectivity index (χ4n) is 1.49. The molecule has 0 aromatic heterocycles. The van der Waals surface area contributed by atoms with Crippen LogP contribution in [-0.2, 0) is 23.9 Å². The lowest BCUT2D eigenvalue weighted by Crippen LogP contribution is -2.45. The Morgan fingerprint density at radius 2 is 1.21 bits per heavy atom. The lowest BCUT2D eigenvalue weighted by Gasteiger charge is -2.26. The Morgan fingerprint density at radius 3 is 1.62 bits per heavy atom. The van der Waals surface area contributed by atoms with Gasteiger partial charge in [0.15, 0.2) is 0 Å². The van der Waals surface area contributed by atoms with Gasteiger partial charge in [-0.1, -0.05) is 0 Å². The molecule has 9 heteroatoms. The zero-order valence-electron chi connectivity index (χ0n) is 15.4. The van der Waals surface area contributed by atoms with Gasteiger partial charge in [-0.05, 0) is 20.8 Å². The molecule has 0 radical (unpaired) electrons. The van der Waals surface area contributed by atoms with E-state index in [1.807, 2.05) is 0 Å². The molecule has 0 aliphatic heterocycles. The first-order valence-corrected chi connectivity index (χ1v) is 7.36. The summed E-state index contributed by atoms with van der Waals surface area (Å²) in [5.41, 5.74) is -0.660. The standard InChI is InChI=1S/C15H27N3O6/c1-15(2,3)24-14(22)18(6)9-12(20)16(4)8-11(19)17(5)10-13(21)23-7/h8-10H2,1-7H3. The Hall–Kier alpha value is -2.32. The van der Waals surface area contributed by atoms with Gasteiger partial charge in [-0.3, -0.25) is 14.4 Å². The number of hydrogen-bond acceptors (Lipinski definition) is 6. The third-order valence-electron chi connectivity index (χ3n) is 2.90. The summed E-state index contributed by atoms with van der Waals surface area (Å²) >= 11 is 0.